The highest BCUT2D eigenvalue weighted by Crippen LogP contribution is 2.45. The molecule has 3 N–H and O–H groups in total. The van der Waals surface area contributed by atoms with Gasteiger partial charge in [0.05, 0.1) is 17.5 Å². The predicted octanol–water partition coefficient (Wildman–Crippen LogP) is 2.78. The van der Waals surface area contributed by atoms with E-state index in [4.69, 9.17) is 10.7 Å². The van der Waals surface area contributed by atoms with Gasteiger partial charge in [-0.05, 0) is 44.7 Å². The molecule has 208 valence electrons. The maximum absolute atomic E-state index is 15.2. The molecule has 14 heteroatoms. The van der Waals surface area contributed by atoms with Crippen LogP contribution in [0.2, 0.25) is 0 Å². The first-order chi connectivity index (χ1) is 19.8. The fraction of sp³-hybridized carbons (Fsp3) is 0.333. The average Bonchev–Trinajstić information content (AvgIpc) is 3.75. The number of nitrogens with one attached hydrogen (secondary N) is 1. The molecule has 0 unspecified atom stereocenters. The lowest BCUT2D eigenvalue weighted by molar-refractivity contribution is 0.0556. The van der Waals surface area contributed by atoms with Crippen molar-refractivity contribution in [1.29, 1.82) is 0 Å². The number of rotatable bonds is 5. The van der Waals surface area contributed by atoms with Gasteiger partial charge in [-0.15, -0.1) is 10.2 Å². The van der Waals surface area contributed by atoms with Gasteiger partial charge in [0, 0.05) is 48.6 Å². The van der Waals surface area contributed by atoms with E-state index in [1.807, 2.05) is 4.90 Å². The number of nitrogen functional groups attached to an aromatic ring is 1. The van der Waals surface area contributed by atoms with Crippen LogP contribution in [0.15, 0.2) is 37.1 Å². The van der Waals surface area contributed by atoms with Gasteiger partial charge in [0.2, 0.25) is 5.82 Å². The lowest BCUT2D eigenvalue weighted by Crippen LogP contribution is -2.46. The molecule has 5 aromatic rings. The van der Waals surface area contributed by atoms with Gasteiger partial charge < -0.3 is 15.6 Å². The highest BCUT2D eigenvalue weighted by atomic mass is 19.1. The Balaban J connectivity index is 1.28. The first kappa shape index (κ1) is 25.0. The van der Waals surface area contributed by atoms with Crippen molar-refractivity contribution in [2.24, 2.45) is 7.05 Å². The third-order valence-corrected chi connectivity index (χ3v) is 8.14. The molecule has 2 bridgehead atoms. The molecule has 0 radical (unpaired) electrons. The molecular formula is C27H26FN11O2. The largest absolute Gasteiger partial charge is 0.383 e. The maximum atomic E-state index is 15.2. The van der Waals surface area contributed by atoms with Gasteiger partial charge in [0.15, 0.2) is 17.2 Å². The number of nitrogens with two attached hydrogens (primary N) is 1. The molecule has 3 atom stereocenters. The fourth-order valence-electron chi connectivity index (χ4n) is 6.37. The molecule has 2 saturated heterocycles. The number of carbonyl (C=O) groups is 2. The van der Waals surface area contributed by atoms with Crippen molar-refractivity contribution in [3.8, 4) is 22.5 Å². The molecule has 7 rings (SSSR count). The van der Waals surface area contributed by atoms with E-state index >= 15 is 4.39 Å². The molecule has 0 saturated carbocycles. The van der Waals surface area contributed by atoms with Crippen molar-refractivity contribution in [2.45, 2.75) is 50.6 Å². The van der Waals surface area contributed by atoms with Crippen LogP contribution in [0.5, 0.6) is 0 Å². The quantitative estimate of drug-likeness (QED) is 0.310. The summed E-state index contributed by atoms with van der Waals surface area (Å²) in [5.41, 5.74) is 9.40. The fourth-order valence-corrected chi connectivity index (χ4v) is 6.37. The Morgan fingerprint density at radius 3 is 2.59 bits per heavy atom. The number of ketones is 1. The summed E-state index contributed by atoms with van der Waals surface area (Å²) in [5.74, 6) is -0.646. The van der Waals surface area contributed by atoms with Crippen molar-refractivity contribution >= 4 is 23.2 Å². The van der Waals surface area contributed by atoms with Crippen LogP contribution < -0.4 is 5.73 Å². The van der Waals surface area contributed by atoms with Crippen molar-refractivity contribution in [3.63, 3.8) is 0 Å². The monoisotopic (exact) mass is 555 g/mol. The number of H-pyrrole nitrogens is 1. The van der Waals surface area contributed by atoms with Gasteiger partial charge in [-0.2, -0.15) is 14.7 Å². The Hall–Kier alpha value is -5.01. The van der Waals surface area contributed by atoms with E-state index in [1.54, 1.807) is 36.4 Å². The van der Waals surface area contributed by atoms with Crippen LogP contribution in [-0.2, 0) is 7.05 Å². The normalized spacial score (nSPS) is 20.2. The van der Waals surface area contributed by atoms with E-state index in [0.717, 1.165) is 12.8 Å². The van der Waals surface area contributed by atoms with Gasteiger partial charge in [-0.3, -0.25) is 19.3 Å². The molecule has 1 amide bonds. The number of fused-ring (bicyclic) bond motifs is 3. The standard InChI is InChI=1S/C27H26FN11O2/c1-13(40)21-22(14-7-16-3-4-17(8-14)38(16)27(41)25-31-12-32-35-25)34-26-18(11-33-39(26)24(21)29)15-9-19(28)23(30-10-15)20-5-6-37(2)36-20/h5-6,9-12,14,16-17H,3-4,7-8,29H2,1-2H3,(H,31,32,35)/t14-,16-,17+. The molecule has 2 aliphatic heterocycles. The molecule has 2 fully saturated rings. The lowest BCUT2D eigenvalue weighted by Gasteiger charge is -2.38. The Bertz CT molecular complexity index is 1810. The van der Waals surface area contributed by atoms with Crippen LogP contribution >= 0.6 is 0 Å². The van der Waals surface area contributed by atoms with Gasteiger partial charge >= 0.3 is 0 Å². The second-order valence-corrected chi connectivity index (χ2v) is 10.6. The molecule has 0 aliphatic carbocycles. The smallest absolute Gasteiger partial charge is 0.292 e. The van der Waals surface area contributed by atoms with E-state index in [9.17, 15) is 9.59 Å². The summed E-state index contributed by atoms with van der Waals surface area (Å²) in [4.78, 5) is 40.0. The molecule has 0 aromatic carbocycles. The number of aryl methyl sites for hydroxylation is 1. The minimum atomic E-state index is -0.533. The van der Waals surface area contributed by atoms with Crippen molar-refractivity contribution < 1.29 is 14.0 Å². The minimum Gasteiger partial charge on any atom is -0.383 e. The van der Waals surface area contributed by atoms with Crippen molar-refractivity contribution in [2.75, 3.05) is 5.73 Å². The number of carbonyl (C=O) groups excluding carboxylic acids is 2. The van der Waals surface area contributed by atoms with Crippen molar-refractivity contribution in [3.05, 3.63) is 59.9 Å². The summed E-state index contributed by atoms with van der Waals surface area (Å²) in [6.45, 7) is 1.46. The Morgan fingerprint density at radius 1 is 1.17 bits per heavy atom. The van der Waals surface area contributed by atoms with E-state index in [1.165, 1.54) is 23.8 Å². The number of aromatic amines is 1. The SMILES string of the molecule is CC(=O)c1c([C@@H]2C[C@H]3CC[C@@H](C2)N3C(=O)c2nnc[nH]2)nc2c(-c3cnc(-c4ccn(C)n4)c(F)c3)cnn2c1N. The average molecular weight is 556 g/mol. The number of amides is 1. The van der Waals surface area contributed by atoms with Crippen molar-refractivity contribution in [1.82, 2.24) is 49.4 Å². The second kappa shape index (κ2) is 9.28. The Labute approximate surface area is 232 Å². The molecule has 2 aliphatic rings. The van der Waals surface area contributed by atoms with Crippen LogP contribution in [0.1, 0.15) is 65.2 Å². The Morgan fingerprint density at radius 2 is 1.95 bits per heavy atom. The zero-order chi connectivity index (χ0) is 28.4. The minimum absolute atomic E-state index is 0.0303. The summed E-state index contributed by atoms with van der Waals surface area (Å²) in [6, 6.07) is 3.00. The summed E-state index contributed by atoms with van der Waals surface area (Å²) < 4.78 is 18.2. The molecule has 5 aromatic heterocycles. The number of halogens is 1. The van der Waals surface area contributed by atoms with E-state index in [-0.39, 0.29) is 47.0 Å². The number of hydrogen-bond donors (Lipinski definition) is 2. The number of Topliss-reactive ketones (excluding diaryl/α,β-unsaturated/α-hetero) is 1. The maximum Gasteiger partial charge on any atom is 0.292 e. The molecule has 41 heavy (non-hydrogen) atoms. The van der Waals surface area contributed by atoms with Gasteiger partial charge in [0.1, 0.15) is 23.5 Å². The third kappa shape index (κ3) is 3.97. The van der Waals surface area contributed by atoms with Gasteiger partial charge in [0.25, 0.3) is 5.91 Å². The highest BCUT2D eigenvalue weighted by Gasteiger charge is 2.45. The predicted molar refractivity (Wildman–Crippen MR) is 144 cm³/mol. The second-order valence-electron chi connectivity index (χ2n) is 10.6. The van der Waals surface area contributed by atoms with Crippen LogP contribution in [0.3, 0.4) is 0 Å². The zero-order valence-corrected chi connectivity index (χ0v) is 22.3. The van der Waals surface area contributed by atoms with Crippen LogP contribution in [-0.4, -0.2) is 73.2 Å². The van der Waals surface area contributed by atoms with E-state index in [2.05, 4.69) is 30.4 Å². The number of aromatic nitrogens is 9. The summed E-state index contributed by atoms with van der Waals surface area (Å²) in [7, 11) is 1.75. The molecular weight excluding hydrogens is 529 g/mol. The van der Waals surface area contributed by atoms with Gasteiger partial charge in [-0.1, -0.05) is 0 Å². The van der Waals surface area contributed by atoms with Crippen LogP contribution in [0.25, 0.3) is 28.2 Å². The number of hydrogen-bond acceptors (Lipinski definition) is 9. The lowest BCUT2D eigenvalue weighted by atomic mass is 9.85. The number of piperidine rings is 1. The zero-order valence-electron chi connectivity index (χ0n) is 22.3. The first-order valence-corrected chi connectivity index (χ1v) is 13.3. The van der Waals surface area contributed by atoms with Gasteiger partial charge in [-0.25, -0.2) is 9.37 Å². The summed E-state index contributed by atoms with van der Waals surface area (Å²) in [5, 5.41) is 16.3. The van der Waals surface area contributed by atoms with E-state index in [0.29, 0.717) is 46.6 Å². The first-order valence-electron chi connectivity index (χ1n) is 13.3. The number of pyridine rings is 1. The summed E-state index contributed by atoms with van der Waals surface area (Å²) >= 11 is 0. The summed E-state index contributed by atoms with van der Waals surface area (Å²) in [6.07, 6.45) is 9.14. The number of anilines is 1. The van der Waals surface area contributed by atoms with Crippen LogP contribution in [0, 0.1) is 5.82 Å². The molecule has 7 heterocycles. The highest BCUT2D eigenvalue weighted by molar-refractivity contribution is 6.00. The topological polar surface area (TPSA) is 166 Å². The van der Waals surface area contributed by atoms with Crippen LogP contribution in [0.4, 0.5) is 10.2 Å². The van der Waals surface area contributed by atoms with E-state index < -0.39 is 5.82 Å². The Kier molecular flexibility index (Phi) is 5.66. The molecule has 13 nitrogen and oxygen atoms in total. The number of nitrogens with zero attached hydrogens (tertiary/aromatic N) is 9. The molecule has 0 spiro atoms. The third-order valence-electron chi connectivity index (χ3n) is 8.14.